The van der Waals surface area contributed by atoms with Gasteiger partial charge in [0.15, 0.2) is 0 Å². The van der Waals surface area contributed by atoms with Crippen molar-refractivity contribution in [2.75, 3.05) is 0 Å². The lowest BCUT2D eigenvalue weighted by Gasteiger charge is -2.16. The first-order valence-corrected chi connectivity index (χ1v) is 13.6. The highest BCUT2D eigenvalue weighted by Gasteiger charge is 2.30. The molecule has 0 bridgehead atoms. The molecule has 1 N–H and O–H groups in total. The lowest BCUT2D eigenvalue weighted by molar-refractivity contribution is -0.137. The van der Waals surface area contributed by atoms with Crippen LogP contribution in [0, 0.1) is 0 Å². The first-order chi connectivity index (χ1) is 20.7. The van der Waals surface area contributed by atoms with Gasteiger partial charge in [-0.25, -0.2) is 4.79 Å². The summed E-state index contributed by atoms with van der Waals surface area (Å²) in [5.74, 6) is -0.274. The zero-order chi connectivity index (χ0) is 30.0. The molecule has 0 spiro atoms. The second-order valence-electron chi connectivity index (χ2n) is 10.3. The van der Waals surface area contributed by atoms with Gasteiger partial charge in [-0.1, -0.05) is 72.8 Å². The summed E-state index contributed by atoms with van der Waals surface area (Å²) in [4.78, 5) is 11.1. The summed E-state index contributed by atoms with van der Waals surface area (Å²) in [6.07, 6.45) is -4.38. The Morgan fingerprint density at radius 3 is 1.98 bits per heavy atom. The number of ether oxygens (including phenoxy) is 1. The van der Waals surface area contributed by atoms with Crippen LogP contribution in [0.4, 0.5) is 13.2 Å². The van der Waals surface area contributed by atoms with Gasteiger partial charge in [-0.15, -0.1) is 0 Å². The van der Waals surface area contributed by atoms with Gasteiger partial charge < -0.3 is 14.4 Å². The first kappa shape index (κ1) is 27.8. The van der Waals surface area contributed by atoms with Gasteiger partial charge in [0.05, 0.1) is 11.1 Å². The Hall–Kier alpha value is -5.30. The van der Waals surface area contributed by atoms with Crippen LogP contribution < -0.4 is 4.74 Å². The van der Waals surface area contributed by atoms with E-state index in [-0.39, 0.29) is 5.56 Å². The molecule has 214 valence electrons. The van der Waals surface area contributed by atoms with Gasteiger partial charge in [0.25, 0.3) is 0 Å². The Labute approximate surface area is 246 Å². The van der Waals surface area contributed by atoms with Crippen molar-refractivity contribution in [2.24, 2.45) is 0 Å². The van der Waals surface area contributed by atoms with E-state index in [0.29, 0.717) is 18.9 Å². The van der Waals surface area contributed by atoms with Crippen LogP contribution in [0.15, 0.2) is 127 Å². The number of aromatic nitrogens is 1. The second kappa shape index (κ2) is 11.5. The van der Waals surface area contributed by atoms with Crippen LogP contribution in [0.2, 0.25) is 0 Å². The minimum absolute atomic E-state index is 0.228. The third kappa shape index (κ3) is 6.16. The number of carbonyl (C=O) groups is 1. The topological polar surface area (TPSA) is 51.5 Å². The summed E-state index contributed by atoms with van der Waals surface area (Å²) in [5.41, 5.74) is 5.11. The van der Waals surface area contributed by atoms with Crippen LogP contribution in [0.5, 0.6) is 5.75 Å². The summed E-state index contributed by atoms with van der Waals surface area (Å²) in [6, 6.07) is 37.9. The summed E-state index contributed by atoms with van der Waals surface area (Å²) >= 11 is 0. The lowest BCUT2D eigenvalue weighted by Crippen LogP contribution is -2.07. The number of hydrogen-bond donors (Lipinski definition) is 1. The van der Waals surface area contributed by atoms with E-state index >= 15 is 0 Å². The number of carboxylic acid groups (broad SMARTS) is 1. The highest BCUT2D eigenvalue weighted by Crippen LogP contribution is 2.34. The van der Waals surface area contributed by atoms with E-state index in [9.17, 15) is 18.0 Å². The van der Waals surface area contributed by atoms with Gasteiger partial charge in [-0.05, 0) is 87.6 Å². The SMILES string of the molecule is O=C(O)c1ccc(COc2ccc3cc(-c4ccc(-c5ccccc5)n4Cc4ccc(C(F)(F)F)cc4)ccc3c2)cc1. The van der Waals surface area contributed by atoms with Gasteiger partial charge in [-0.2, -0.15) is 13.2 Å². The number of aromatic carboxylic acids is 1. The molecule has 0 unspecified atom stereocenters. The van der Waals surface area contributed by atoms with Crippen LogP contribution >= 0.6 is 0 Å². The molecule has 1 aromatic heterocycles. The van der Waals surface area contributed by atoms with E-state index < -0.39 is 17.7 Å². The molecule has 1 heterocycles. The van der Waals surface area contributed by atoms with Gasteiger partial charge in [-0.3, -0.25) is 0 Å². The smallest absolute Gasteiger partial charge is 0.416 e. The fraction of sp³-hybridized carbons (Fsp3) is 0.0833. The van der Waals surface area contributed by atoms with Crippen LogP contribution in [0.3, 0.4) is 0 Å². The first-order valence-electron chi connectivity index (χ1n) is 13.6. The maximum Gasteiger partial charge on any atom is 0.416 e. The van der Waals surface area contributed by atoms with Crippen LogP contribution in [0.1, 0.15) is 27.0 Å². The van der Waals surface area contributed by atoms with E-state index in [2.05, 4.69) is 10.6 Å². The number of rotatable bonds is 8. The molecule has 0 aliphatic rings. The van der Waals surface area contributed by atoms with Gasteiger partial charge in [0.1, 0.15) is 12.4 Å². The molecule has 7 heteroatoms. The number of alkyl halides is 3. The van der Waals surface area contributed by atoms with Crippen molar-refractivity contribution in [3.8, 4) is 28.3 Å². The molecule has 0 aliphatic carbocycles. The fourth-order valence-electron chi connectivity index (χ4n) is 5.12. The average Bonchev–Trinajstić information content (AvgIpc) is 3.43. The van der Waals surface area contributed by atoms with E-state index in [1.54, 1.807) is 24.3 Å². The number of carboxylic acids is 1. The Morgan fingerprint density at radius 1 is 0.674 bits per heavy atom. The minimum Gasteiger partial charge on any atom is -0.489 e. The number of hydrogen-bond acceptors (Lipinski definition) is 2. The largest absolute Gasteiger partial charge is 0.489 e. The van der Waals surface area contributed by atoms with E-state index in [0.717, 1.165) is 56.5 Å². The van der Waals surface area contributed by atoms with Gasteiger partial charge in [0.2, 0.25) is 0 Å². The maximum atomic E-state index is 13.1. The van der Waals surface area contributed by atoms with Crippen molar-refractivity contribution in [3.05, 3.63) is 150 Å². The van der Waals surface area contributed by atoms with Crippen molar-refractivity contribution in [3.63, 3.8) is 0 Å². The molecule has 6 aromatic rings. The van der Waals surface area contributed by atoms with Crippen molar-refractivity contribution in [1.82, 2.24) is 4.57 Å². The molecule has 0 aliphatic heterocycles. The molecule has 0 fully saturated rings. The number of nitrogens with zero attached hydrogens (tertiary/aromatic N) is 1. The zero-order valence-electron chi connectivity index (χ0n) is 22.9. The van der Waals surface area contributed by atoms with Crippen LogP contribution in [-0.2, 0) is 19.3 Å². The Morgan fingerprint density at radius 2 is 1.30 bits per heavy atom. The summed E-state index contributed by atoms with van der Waals surface area (Å²) in [6.45, 7) is 0.714. The van der Waals surface area contributed by atoms with Gasteiger partial charge >= 0.3 is 12.1 Å². The van der Waals surface area contributed by atoms with Crippen molar-refractivity contribution < 1.29 is 27.8 Å². The van der Waals surface area contributed by atoms with E-state index in [1.165, 1.54) is 12.1 Å². The van der Waals surface area contributed by atoms with Crippen molar-refractivity contribution >= 4 is 16.7 Å². The minimum atomic E-state index is -4.38. The molecular formula is C36H26F3NO3. The highest BCUT2D eigenvalue weighted by molar-refractivity contribution is 5.89. The third-order valence-electron chi connectivity index (χ3n) is 7.39. The molecule has 0 saturated carbocycles. The third-order valence-corrected chi connectivity index (χ3v) is 7.39. The van der Waals surface area contributed by atoms with Crippen LogP contribution in [-0.4, -0.2) is 15.6 Å². The molecule has 0 saturated heterocycles. The standard InChI is InChI=1S/C36H26F3NO3/c37-36(38,39)31-15-8-24(9-16-31)22-40-33(26-4-2-1-3-5-26)18-19-34(40)30-13-12-29-21-32(17-14-28(29)20-30)43-23-25-6-10-27(11-7-25)35(41)42/h1-21H,22-23H2,(H,41,42). The van der Waals surface area contributed by atoms with Crippen molar-refractivity contribution in [2.45, 2.75) is 19.3 Å². The van der Waals surface area contributed by atoms with Crippen molar-refractivity contribution in [1.29, 1.82) is 0 Å². The number of halogens is 3. The summed E-state index contributed by atoms with van der Waals surface area (Å²) in [5, 5.41) is 11.1. The predicted molar refractivity (Wildman–Crippen MR) is 161 cm³/mol. The Balaban J connectivity index is 1.28. The molecule has 0 radical (unpaired) electrons. The summed E-state index contributed by atoms with van der Waals surface area (Å²) < 4.78 is 47.5. The summed E-state index contributed by atoms with van der Waals surface area (Å²) in [7, 11) is 0. The molecule has 43 heavy (non-hydrogen) atoms. The fourth-order valence-corrected chi connectivity index (χ4v) is 5.12. The number of benzene rings is 5. The lowest BCUT2D eigenvalue weighted by atomic mass is 10.0. The van der Waals surface area contributed by atoms with E-state index in [1.807, 2.05) is 72.8 Å². The zero-order valence-corrected chi connectivity index (χ0v) is 22.9. The maximum absolute atomic E-state index is 13.1. The van der Waals surface area contributed by atoms with E-state index in [4.69, 9.17) is 9.84 Å². The molecule has 0 atom stereocenters. The average molecular weight is 578 g/mol. The molecular weight excluding hydrogens is 551 g/mol. The van der Waals surface area contributed by atoms with Gasteiger partial charge in [0, 0.05) is 17.9 Å². The quantitative estimate of drug-likeness (QED) is 0.196. The molecule has 5 aromatic carbocycles. The Bertz CT molecular complexity index is 1890. The second-order valence-corrected chi connectivity index (χ2v) is 10.3. The Kier molecular flexibility index (Phi) is 7.47. The normalized spacial score (nSPS) is 11.5. The highest BCUT2D eigenvalue weighted by atomic mass is 19.4. The number of fused-ring (bicyclic) bond motifs is 1. The van der Waals surface area contributed by atoms with Crippen LogP contribution in [0.25, 0.3) is 33.3 Å². The predicted octanol–water partition coefficient (Wildman–Crippen LogP) is 9.32. The molecule has 4 nitrogen and oxygen atoms in total. The monoisotopic (exact) mass is 577 g/mol. The molecule has 6 rings (SSSR count). The molecule has 0 amide bonds.